The highest BCUT2D eigenvalue weighted by molar-refractivity contribution is 8.14. The number of aromatic nitrogens is 2. The summed E-state index contributed by atoms with van der Waals surface area (Å²) in [5.74, 6) is 0.365. The van der Waals surface area contributed by atoms with Crippen molar-refractivity contribution in [2.75, 3.05) is 7.11 Å². The highest BCUT2D eigenvalue weighted by Gasteiger charge is 2.27. The minimum atomic E-state index is -0.461. The number of carbonyl (C=O) groups is 3. The number of nitrogens with one attached hydrogen (secondary N) is 1. The highest BCUT2D eigenvalue weighted by atomic mass is 35.5. The molecule has 0 saturated carbocycles. The molecule has 0 bridgehead atoms. The monoisotopic (exact) mass is 583 g/mol. The first-order valence-corrected chi connectivity index (χ1v) is 14.9. The standard InChI is InChI=1S/C31H38ClN3O4S/c1-6-8-13-27-34-29(32)26(18-33-30(37)28(20(3)7-2)40-21(4)36)35(27)19-22-14-16-23(17-15-22)24-11-9-10-12-25(24)31(38)39-5/h9-12,14-17,20,28H,6-8,13,18-19H2,1-5H3,(H,33,37). The smallest absolute Gasteiger partial charge is 0.338 e. The van der Waals surface area contributed by atoms with Crippen molar-refractivity contribution in [1.82, 2.24) is 14.9 Å². The number of esters is 1. The van der Waals surface area contributed by atoms with E-state index in [0.29, 0.717) is 17.3 Å². The van der Waals surface area contributed by atoms with Gasteiger partial charge in [-0.25, -0.2) is 9.78 Å². The number of hydrogen-bond acceptors (Lipinski definition) is 6. The number of amides is 1. The van der Waals surface area contributed by atoms with Crippen LogP contribution >= 0.6 is 23.4 Å². The second kappa shape index (κ2) is 15.1. The molecular formula is C31H38ClN3O4S. The van der Waals surface area contributed by atoms with E-state index in [1.54, 1.807) is 6.07 Å². The summed E-state index contributed by atoms with van der Waals surface area (Å²) in [7, 11) is 1.38. The van der Waals surface area contributed by atoms with Gasteiger partial charge in [0.1, 0.15) is 5.82 Å². The summed E-state index contributed by atoms with van der Waals surface area (Å²) < 4.78 is 7.02. The Morgan fingerprint density at radius 2 is 1.80 bits per heavy atom. The molecule has 1 N–H and O–H groups in total. The van der Waals surface area contributed by atoms with Gasteiger partial charge in [0.05, 0.1) is 30.2 Å². The fourth-order valence-electron chi connectivity index (χ4n) is 4.47. The predicted octanol–water partition coefficient (Wildman–Crippen LogP) is 6.69. The number of unbranched alkanes of at least 4 members (excludes halogenated alkanes) is 1. The number of imidazole rings is 1. The third kappa shape index (κ3) is 7.98. The van der Waals surface area contributed by atoms with Gasteiger partial charge in [0, 0.05) is 19.9 Å². The van der Waals surface area contributed by atoms with E-state index in [-0.39, 0.29) is 29.5 Å². The summed E-state index contributed by atoms with van der Waals surface area (Å²) in [5, 5.41) is 2.84. The van der Waals surface area contributed by atoms with E-state index in [0.717, 1.165) is 65.7 Å². The number of methoxy groups -OCH3 is 1. The maximum atomic E-state index is 13.1. The predicted molar refractivity (Wildman–Crippen MR) is 162 cm³/mol. The molecular weight excluding hydrogens is 546 g/mol. The summed E-state index contributed by atoms with van der Waals surface area (Å²) in [4.78, 5) is 41.8. The van der Waals surface area contributed by atoms with E-state index in [1.807, 2.05) is 56.3 Å². The lowest BCUT2D eigenvalue weighted by atomic mass is 9.98. The molecule has 0 saturated heterocycles. The van der Waals surface area contributed by atoms with Crippen molar-refractivity contribution in [2.45, 2.75) is 71.7 Å². The van der Waals surface area contributed by atoms with Crippen molar-refractivity contribution in [3.63, 3.8) is 0 Å². The molecule has 3 rings (SSSR count). The van der Waals surface area contributed by atoms with Crippen molar-refractivity contribution in [3.8, 4) is 11.1 Å². The Morgan fingerprint density at radius 1 is 1.10 bits per heavy atom. The summed E-state index contributed by atoms with van der Waals surface area (Å²) in [6, 6.07) is 15.4. The fourth-order valence-corrected chi connectivity index (χ4v) is 5.71. The number of halogens is 1. The van der Waals surface area contributed by atoms with E-state index in [4.69, 9.17) is 16.3 Å². The minimum absolute atomic E-state index is 0.0530. The van der Waals surface area contributed by atoms with Gasteiger partial charge in [0.15, 0.2) is 10.3 Å². The topological polar surface area (TPSA) is 90.3 Å². The summed E-state index contributed by atoms with van der Waals surface area (Å²) in [6.07, 6.45) is 3.54. The zero-order valence-electron chi connectivity index (χ0n) is 23.8. The molecule has 0 aliphatic rings. The zero-order chi connectivity index (χ0) is 29.2. The Hall–Kier alpha value is -3.10. The van der Waals surface area contributed by atoms with Gasteiger partial charge < -0.3 is 14.6 Å². The molecule has 0 aliphatic carbocycles. The Bertz CT molecular complexity index is 1320. The van der Waals surface area contributed by atoms with Crippen molar-refractivity contribution in [3.05, 3.63) is 76.3 Å². The number of rotatable bonds is 13. The van der Waals surface area contributed by atoms with E-state index in [2.05, 4.69) is 21.8 Å². The Balaban J connectivity index is 1.87. The average molecular weight is 584 g/mol. The molecule has 1 amide bonds. The molecule has 2 aromatic carbocycles. The van der Waals surface area contributed by atoms with Crippen molar-refractivity contribution < 1.29 is 19.1 Å². The average Bonchev–Trinajstić information content (AvgIpc) is 3.26. The number of carbonyl (C=O) groups excluding carboxylic acids is 3. The number of ether oxygens (including phenoxy) is 1. The molecule has 0 fully saturated rings. The summed E-state index contributed by atoms with van der Waals surface area (Å²) in [6.45, 7) is 8.35. The Morgan fingerprint density at radius 3 is 2.42 bits per heavy atom. The largest absolute Gasteiger partial charge is 0.465 e. The van der Waals surface area contributed by atoms with E-state index >= 15 is 0 Å². The van der Waals surface area contributed by atoms with Crippen molar-refractivity contribution in [2.24, 2.45) is 5.92 Å². The molecule has 0 aliphatic heterocycles. The lowest BCUT2D eigenvalue weighted by Crippen LogP contribution is -2.37. The quantitative estimate of drug-likeness (QED) is 0.225. The molecule has 40 heavy (non-hydrogen) atoms. The van der Waals surface area contributed by atoms with Crippen molar-refractivity contribution >= 4 is 40.4 Å². The molecule has 214 valence electrons. The summed E-state index contributed by atoms with van der Waals surface area (Å²) >= 11 is 7.68. The molecule has 0 radical (unpaired) electrons. The van der Waals surface area contributed by atoms with Gasteiger partial charge in [-0.1, -0.05) is 99.4 Å². The molecule has 1 heterocycles. The van der Waals surface area contributed by atoms with Crippen LogP contribution in [0.5, 0.6) is 0 Å². The Labute approximate surface area is 246 Å². The number of benzene rings is 2. The normalized spacial score (nSPS) is 12.6. The maximum absolute atomic E-state index is 13.1. The lowest BCUT2D eigenvalue weighted by molar-refractivity contribution is -0.121. The van der Waals surface area contributed by atoms with E-state index in [1.165, 1.54) is 14.0 Å². The molecule has 1 aromatic heterocycles. The van der Waals surface area contributed by atoms with Gasteiger partial charge >= 0.3 is 5.97 Å². The van der Waals surface area contributed by atoms with Crippen LogP contribution in [0.3, 0.4) is 0 Å². The van der Waals surface area contributed by atoms with E-state index < -0.39 is 5.25 Å². The van der Waals surface area contributed by atoms with Crippen LogP contribution in [-0.2, 0) is 33.8 Å². The van der Waals surface area contributed by atoms with Gasteiger partial charge in [-0.2, -0.15) is 0 Å². The fraction of sp³-hybridized carbons (Fsp3) is 0.419. The van der Waals surface area contributed by atoms with Crippen LogP contribution in [0, 0.1) is 5.92 Å². The number of aryl methyl sites for hydroxylation is 1. The maximum Gasteiger partial charge on any atom is 0.338 e. The third-order valence-electron chi connectivity index (χ3n) is 6.94. The van der Waals surface area contributed by atoms with E-state index in [9.17, 15) is 14.4 Å². The van der Waals surface area contributed by atoms with Gasteiger partial charge in [-0.3, -0.25) is 9.59 Å². The van der Waals surface area contributed by atoms with Gasteiger partial charge in [0.2, 0.25) is 5.91 Å². The van der Waals surface area contributed by atoms with Crippen LogP contribution in [-0.4, -0.2) is 38.9 Å². The van der Waals surface area contributed by atoms with Gasteiger partial charge in [-0.15, -0.1) is 0 Å². The highest BCUT2D eigenvalue weighted by Crippen LogP contribution is 2.27. The Kier molecular flexibility index (Phi) is 11.8. The first kappa shape index (κ1) is 31.4. The van der Waals surface area contributed by atoms with Crippen LogP contribution in [0.15, 0.2) is 48.5 Å². The number of thioether (sulfide) groups is 1. The first-order valence-electron chi connectivity index (χ1n) is 13.6. The number of hydrogen-bond donors (Lipinski definition) is 1. The van der Waals surface area contributed by atoms with Crippen molar-refractivity contribution in [1.29, 1.82) is 0 Å². The molecule has 7 nitrogen and oxygen atoms in total. The SMILES string of the molecule is CCCCc1nc(Cl)c(CNC(=O)C(SC(C)=O)C(C)CC)n1Cc1ccc(-c2ccccc2C(=O)OC)cc1. The first-order chi connectivity index (χ1) is 19.2. The second-order valence-corrected chi connectivity index (χ2v) is 11.5. The van der Waals surface area contributed by atoms with Gasteiger partial charge in [0.25, 0.3) is 0 Å². The molecule has 0 spiro atoms. The zero-order valence-corrected chi connectivity index (χ0v) is 25.4. The second-order valence-electron chi connectivity index (χ2n) is 9.82. The number of nitrogens with zero attached hydrogens (tertiary/aromatic N) is 2. The van der Waals surface area contributed by atoms with Crippen LogP contribution in [0.4, 0.5) is 0 Å². The van der Waals surface area contributed by atoms with Crippen LogP contribution in [0.2, 0.25) is 5.15 Å². The molecule has 3 aromatic rings. The van der Waals surface area contributed by atoms with Gasteiger partial charge in [-0.05, 0) is 35.1 Å². The molecule has 2 atom stereocenters. The van der Waals surface area contributed by atoms with Crippen LogP contribution in [0.1, 0.15) is 74.4 Å². The minimum Gasteiger partial charge on any atom is -0.465 e. The summed E-state index contributed by atoms with van der Waals surface area (Å²) in [5.41, 5.74) is 3.99. The lowest BCUT2D eigenvalue weighted by Gasteiger charge is -2.21. The van der Waals surface area contributed by atoms with Crippen LogP contribution in [0.25, 0.3) is 11.1 Å². The molecule has 9 heteroatoms. The molecule has 2 unspecified atom stereocenters. The van der Waals surface area contributed by atoms with Crippen LogP contribution < -0.4 is 5.32 Å². The third-order valence-corrected chi connectivity index (χ3v) is 8.50.